The van der Waals surface area contributed by atoms with Crippen molar-refractivity contribution in [3.8, 4) is 5.75 Å². The number of ether oxygens (including phenoxy) is 2. The van der Waals surface area contributed by atoms with Gasteiger partial charge in [0.2, 0.25) is 12.2 Å². The van der Waals surface area contributed by atoms with Gasteiger partial charge in [0.15, 0.2) is 0 Å². The first-order valence-corrected chi connectivity index (χ1v) is 9.02. The molecule has 1 saturated heterocycles. The van der Waals surface area contributed by atoms with Crippen molar-refractivity contribution < 1.29 is 29.6 Å². The van der Waals surface area contributed by atoms with Crippen LogP contribution in [0.15, 0.2) is 22.8 Å². The van der Waals surface area contributed by atoms with E-state index in [2.05, 4.69) is 26.2 Å². The molecule has 2 heterocycles. The summed E-state index contributed by atoms with van der Waals surface area (Å²) in [6.45, 7) is 0.749. The molecule has 0 saturated carbocycles. The summed E-state index contributed by atoms with van der Waals surface area (Å²) in [6.07, 6.45) is -3.40. The minimum absolute atomic E-state index is 0.340. The fraction of sp³-hybridized carbons (Fsp3) is 0.438. The van der Waals surface area contributed by atoms with Crippen LogP contribution in [0.3, 0.4) is 0 Å². The molecule has 0 unspecified atom stereocenters. The second-order valence-corrected chi connectivity index (χ2v) is 7.22. The SMILES string of the molecule is CC(=O)N[C@H]1[C@H](Oc2c[nH]c3ccc(Br)c(Cl)c23)O[C@@H](CO)[C@H](O)[C@H]1O. The Labute approximate surface area is 162 Å². The molecule has 5 N–H and O–H groups in total. The molecule has 2 aromatic rings. The van der Waals surface area contributed by atoms with E-state index in [9.17, 15) is 20.1 Å². The number of H-pyrrole nitrogens is 1. The van der Waals surface area contributed by atoms with Crippen LogP contribution in [0.5, 0.6) is 5.75 Å². The molecule has 1 aromatic heterocycles. The number of nitrogens with one attached hydrogen (secondary N) is 2. The number of fused-ring (bicyclic) bond motifs is 1. The lowest BCUT2D eigenvalue weighted by Gasteiger charge is -2.41. The number of hydrogen-bond acceptors (Lipinski definition) is 6. The highest BCUT2D eigenvalue weighted by Crippen LogP contribution is 2.38. The molecule has 142 valence electrons. The van der Waals surface area contributed by atoms with Gasteiger partial charge in [-0.2, -0.15) is 0 Å². The molecule has 0 bridgehead atoms. The van der Waals surface area contributed by atoms with Gasteiger partial charge in [-0.1, -0.05) is 11.6 Å². The zero-order valence-corrected chi connectivity index (χ0v) is 16.0. The van der Waals surface area contributed by atoms with E-state index in [4.69, 9.17) is 21.1 Å². The Kier molecular flexibility index (Phi) is 5.75. The van der Waals surface area contributed by atoms with Crippen LogP contribution >= 0.6 is 27.5 Å². The number of aliphatic hydroxyl groups excluding tert-OH is 3. The summed E-state index contributed by atoms with van der Waals surface area (Å²) in [6, 6.07) is 2.55. The van der Waals surface area contributed by atoms with Crippen LogP contribution in [0.1, 0.15) is 6.92 Å². The summed E-state index contributed by atoms with van der Waals surface area (Å²) in [4.78, 5) is 14.5. The molecule has 3 rings (SSSR count). The first kappa shape index (κ1) is 19.4. The summed E-state index contributed by atoms with van der Waals surface area (Å²) >= 11 is 9.68. The number of hydrogen-bond donors (Lipinski definition) is 5. The van der Waals surface area contributed by atoms with Crippen molar-refractivity contribution in [2.45, 2.75) is 37.6 Å². The molecular formula is C16H18BrClN2O6. The lowest BCUT2D eigenvalue weighted by molar-refractivity contribution is -0.244. The summed E-state index contributed by atoms with van der Waals surface area (Å²) in [5.74, 6) is -0.0902. The third-order valence-corrected chi connectivity index (χ3v) is 5.48. The van der Waals surface area contributed by atoms with Crippen LogP contribution in [0, 0.1) is 0 Å². The van der Waals surface area contributed by atoms with Gasteiger partial charge in [-0.05, 0) is 28.1 Å². The maximum absolute atomic E-state index is 11.5. The molecule has 26 heavy (non-hydrogen) atoms. The summed E-state index contributed by atoms with van der Waals surface area (Å²) < 4.78 is 12.1. The van der Waals surface area contributed by atoms with Crippen LogP contribution < -0.4 is 10.1 Å². The lowest BCUT2D eigenvalue weighted by atomic mass is 9.97. The van der Waals surface area contributed by atoms with Crippen LogP contribution in [-0.4, -0.2) is 63.5 Å². The molecule has 0 aliphatic carbocycles. The maximum Gasteiger partial charge on any atom is 0.223 e. The van der Waals surface area contributed by atoms with Crippen molar-refractivity contribution in [3.63, 3.8) is 0 Å². The third kappa shape index (κ3) is 3.55. The van der Waals surface area contributed by atoms with Crippen LogP contribution in [-0.2, 0) is 9.53 Å². The Bertz CT molecular complexity index is 815. The summed E-state index contributed by atoms with van der Waals surface area (Å²) in [5.41, 5.74) is 0.722. The second kappa shape index (κ2) is 7.71. The van der Waals surface area contributed by atoms with Crippen molar-refractivity contribution >= 4 is 44.3 Å². The number of carbonyl (C=O) groups is 1. The van der Waals surface area contributed by atoms with Crippen molar-refractivity contribution in [2.24, 2.45) is 0 Å². The first-order chi connectivity index (χ1) is 12.3. The van der Waals surface area contributed by atoms with E-state index in [1.54, 1.807) is 18.3 Å². The highest BCUT2D eigenvalue weighted by Gasteiger charge is 2.46. The van der Waals surface area contributed by atoms with E-state index in [0.717, 1.165) is 5.52 Å². The van der Waals surface area contributed by atoms with E-state index in [-0.39, 0.29) is 0 Å². The summed E-state index contributed by atoms with van der Waals surface area (Å²) in [5, 5.41) is 33.3. The first-order valence-electron chi connectivity index (χ1n) is 7.84. The van der Waals surface area contributed by atoms with Gasteiger partial charge < -0.3 is 35.1 Å². The molecule has 1 aliphatic heterocycles. The quantitative estimate of drug-likeness (QED) is 0.473. The van der Waals surface area contributed by atoms with E-state index in [1.807, 2.05) is 0 Å². The largest absolute Gasteiger partial charge is 0.460 e. The number of aromatic nitrogens is 1. The monoisotopic (exact) mass is 448 g/mol. The average Bonchev–Trinajstić information content (AvgIpc) is 3.01. The second-order valence-electron chi connectivity index (χ2n) is 5.99. The van der Waals surface area contributed by atoms with Gasteiger partial charge in [-0.25, -0.2) is 0 Å². The van der Waals surface area contributed by atoms with Gasteiger partial charge in [0, 0.05) is 17.6 Å². The average molecular weight is 450 g/mol. The van der Waals surface area contributed by atoms with Gasteiger partial charge in [0.25, 0.3) is 0 Å². The third-order valence-electron chi connectivity index (χ3n) is 4.19. The van der Waals surface area contributed by atoms with Crippen LogP contribution in [0.2, 0.25) is 5.02 Å². The van der Waals surface area contributed by atoms with E-state index >= 15 is 0 Å². The van der Waals surface area contributed by atoms with Crippen LogP contribution in [0.25, 0.3) is 10.9 Å². The van der Waals surface area contributed by atoms with Gasteiger partial charge in [0.05, 0.1) is 22.5 Å². The Morgan fingerprint density at radius 2 is 2.15 bits per heavy atom. The topological polar surface area (TPSA) is 124 Å². The molecular weight excluding hydrogens is 432 g/mol. The Balaban J connectivity index is 1.95. The minimum atomic E-state index is -1.39. The van der Waals surface area contributed by atoms with E-state index in [0.29, 0.717) is 20.6 Å². The van der Waals surface area contributed by atoms with Crippen molar-refractivity contribution in [3.05, 3.63) is 27.8 Å². The van der Waals surface area contributed by atoms with Crippen LogP contribution in [0.4, 0.5) is 0 Å². The predicted molar refractivity (Wildman–Crippen MR) is 97.0 cm³/mol. The van der Waals surface area contributed by atoms with E-state index in [1.165, 1.54) is 6.92 Å². The summed E-state index contributed by atoms with van der Waals surface area (Å²) in [7, 11) is 0. The van der Waals surface area contributed by atoms with Crippen molar-refractivity contribution in [1.82, 2.24) is 10.3 Å². The Hall–Kier alpha value is -1.36. The number of halogens is 2. The fourth-order valence-corrected chi connectivity index (χ4v) is 3.50. The van der Waals surface area contributed by atoms with Crippen molar-refractivity contribution in [1.29, 1.82) is 0 Å². The molecule has 10 heteroatoms. The molecule has 5 atom stereocenters. The molecule has 8 nitrogen and oxygen atoms in total. The number of benzene rings is 1. The standard InChI is InChI=1S/C16H18BrClN2O6/c1-6(22)20-13-15(24)14(23)10(5-21)26-16(13)25-9-4-19-8-3-2-7(17)12(18)11(8)9/h2-4,10,13-16,19,21,23-24H,5H2,1H3,(H,20,22)/t10-,13+,14-,15-,16+/m0/s1. The van der Waals surface area contributed by atoms with Gasteiger partial charge >= 0.3 is 0 Å². The van der Waals surface area contributed by atoms with Crippen molar-refractivity contribution in [2.75, 3.05) is 6.61 Å². The highest BCUT2D eigenvalue weighted by molar-refractivity contribution is 9.10. The molecule has 1 aliphatic rings. The zero-order chi connectivity index (χ0) is 19.0. The molecule has 1 aromatic carbocycles. The molecule has 0 radical (unpaired) electrons. The number of rotatable bonds is 4. The number of carbonyl (C=O) groups excluding carboxylic acids is 1. The fourth-order valence-electron chi connectivity index (χ4n) is 2.92. The zero-order valence-electron chi connectivity index (χ0n) is 13.6. The van der Waals surface area contributed by atoms with Gasteiger partial charge in [0.1, 0.15) is 30.1 Å². The van der Waals surface area contributed by atoms with Gasteiger partial charge in [-0.15, -0.1) is 0 Å². The minimum Gasteiger partial charge on any atom is -0.460 e. The predicted octanol–water partition coefficient (Wildman–Crippen LogP) is 0.906. The molecule has 0 spiro atoms. The molecule has 1 amide bonds. The highest BCUT2D eigenvalue weighted by atomic mass is 79.9. The maximum atomic E-state index is 11.5. The smallest absolute Gasteiger partial charge is 0.223 e. The number of aliphatic hydroxyl groups is 3. The molecule has 1 fully saturated rings. The lowest BCUT2D eigenvalue weighted by Crippen LogP contribution is -2.65. The van der Waals surface area contributed by atoms with Gasteiger partial charge in [-0.3, -0.25) is 4.79 Å². The normalized spacial score (nSPS) is 28.9. The van der Waals surface area contributed by atoms with E-state index < -0.39 is 43.2 Å². The Morgan fingerprint density at radius 3 is 2.81 bits per heavy atom. The number of amides is 1. The number of aromatic amines is 1. The Morgan fingerprint density at radius 1 is 1.42 bits per heavy atom.